The van der Waals surface area contributed by atoms with Gasteiger partial charge in [0, 0.05) is 37.6 Å². The minimum Gasteiger partial charge on any atom is -0.497 e. The van der Waals surface area contributed by atoms with E-state index in [4.69, 9.17) is 9.47 Å². The van der Waals surface area contributed by atoms with E-state index in [-0.39, 0.29) is 18.3 Å². The molecule has 1 aromatic carbocycles. The maximum absolute atomic E-state index is 12.8. The summed E-state index contributed by atoms with van der Waals surface area (Å²) in [4.78, 5) is 30.2. The first-order valence-electron chi connectivity index (χ1n) is 8.68. The van der Waals surface area contributed by atoms with E-state index in [1.165, 1.54) is 0 Å². The maximum atomic E-state index is 12.8. The minimum atomic E-state index is -0.297. The van der Waals surface area contributed by atoms with E-state index in [0.29, 0.717) is 31.0 Å². The van der Waals surface area contributed by atoms with Crippen molar-refractivity contribution in [3.05, 3.63) is 48.5 Å². The van der Waals surface area contributed by atoms with Crippen LogP contribution in [0.5, 0.6) is 5.75 Å². The Morgan fingerprint density at radius 3 is 2.58 bits per heavy atom. The van der Waals surface area contributed by atoms with Crippen LogP contribution < -0.4 is 4.74 Å². The van der Waals surface area contributed by atoms with Gasteiger partial charge in [0.2, 0.25) is 0 Å². The summed E-state index contributed by atoms with van der Waals surface area (Å²) in [7, 11) is 1.58. The zero-order valence-corrected chi connectivity index (χ0v) is 15.3. The molecular weight excluding hydrogens is 334 g/mol. The number of esters is 1. The summed E-state index contributed by atoms with van der Waals surface area (Å²) >= 11 is 0. The fourth-order valence-electron chi connectivity index (χ4n) is 2.55. The number of aromatic nitrogens is 2. The quantitative estimate of drug-likeness (QED) is 0.609. The molecule has 2 aromatic rings. The van der Waals surface area contributed by atoms with Crippen LogP contribution in [0.25, 0.3) is 0 Å². The molecule has 0 aliphatic rings. The lowest BCUT2D eigenvalue weighted by Gasteiger charge is -2.22. The van der Waals surface area contributed by atoms with Crippen LogP contribution in [0.1, 0.15) is 30.1 Å². The Labute approximate surface area is 153 Å². The number of carbonyl (C=O) groups is 2. The molecule has 0 fully saturated rings. The Balaban J connectivity index is 1.99. The second-order valence-corrected chi connectivity index (χ2v) is 5.73. The van der Waals surface area contributed by atoms with Crippen molar-refractivity contribution in [3.8, 4) is 5.75 Å². The number of imidazole rings is 1. The molecule has 0 N–H and O–H groups in total. The Morgan fingerprint density at radius 1 is 1.19 bits per heavy atom. The van der Waals surface area contributed by atoms with Gasteiger partial charge in [-0.2, -0.15) is 0 Å². The zero-order valence-electron chi connectivity index (χ0n) is 15.3. The summed E-state index contributed by atoms with van der Waals surface area (Å²) in [5.41, 5.74) is 0.567. The molecule has 140 valence electrons. The van der Waals surface area contributed by atoms with Crippen molar-refractivity contribution in [1.29, 1.82) is 0 Å². The lowest BCUT2D eigenvalue weighted by molar-refractivity contribution is -0.143. The molecule has 0 atom stereocenters. The molecule has 7 heteroatoms. The van der Waals surface area contributed by atoms with E-state index in [1.807, 2.05) is 10.8 Å². The summed E-state index contributed by atoms with van der Waals surface area (Å²) < 4.78 is 12.1. The van der Waals surface area contributed by atoms with E-state index >= 15 is 0 Å². The molecule has 0 saturated heterocycles. The van der Waals surface area contributed by atoms with Gasteiger partial charge in [0.25, 0.3) is 5.91 Å². The predicted octanol–water partition coefficient (Wildman–Crippen LogP) is 2.38. The van der Waals surface area contributed by atoms with Crippen LogP contribution in [0.2, 0.25) is 0 Å². The van der Waals surface area contributed by atoms with Crippen molar-refractivity contribution in [2.45, 2.75) is 26.3 Å². The standard InChI is InChI=1S/C19H25N3O4/c1-3-26-18(23)9-13-22(12-4-11-21-14-10-20-15-21)19(24)16-5-7-17(25-2)8-6-16/h5-8,10,14-15H,3-4,9,11-13H2,1-2H3. The smallest absolute Gasteiger partial charge is 0.307 e. The Kier molecular flexibility index (Phi) is 7.67. The number of ether oxygens (including phenoxy) is 2. The molecule has 2 rings (SSSR count). The van der Waals surface area contributed by atoms with Crippen LogP contribution in [-0.2, 0) is 16.1 Å². The van der Waals surface area contributed by atoms with Crippen LogP contribution in [0.15, 0.2) is 43.0 Å². The number of methoxy groups -OCH3 is 1. The second-order valence-electron chi connectivity index (χ2n) is 5.73. The number of hydrogen-bond donors (Lipinski definition) is 0. The van der Waals surface area contributed by atoms with Gasteiger partial charge in [0.15, 0.2) is 0 Å². The normalized spacial score (nSPS) is 10.4. The number of hydrogen-bond acceptors (Lipinski definition) is 5. The van der Waals surface area contributed by atoms with Gasteiger partial charge in [-0.3, -0.25) is 9.59 Å². The lowest BCUT2D eigenvalue weighted by atomic mass is 10.1. The van der Waals surface area contributed by atoms with E-state index < -0.39 is 0 Å². The zero-order chi connectivity index (χ0) is 18.8. The highest BCUT2D eigenvalue weighted by molar-refractivity contribution is 5.94. The van der Waals surface area contributed by atoms with Crippen molar-refractivity contribution in [2.24, 2.45) is 0 Å². The molecule has 7 nitrogen and oxygen atoms in total. The Bertz CT molecular complexity index is 683. The summed E-state index contributed by atoms with van der Waals surface area (Å²) in [6.45, 7) is 3.73. The number of benzene rings is 1. The first-order valence-corrected chi connectivity index (χ1v) is 8.68. The van der Waals surface area contributed by atoms with Crippen LogP contribution in [0, 0.1) is 0 Å². The number of rotatable bonds is 10. The molecule has 1 heterocycles. The van der Waals surface area contributed by atoms with Crippen LogP contribution in [0.3, 0.4) is 0 Å². The number of nitrogens with zero attached hydrogens (tertiary/aromatic N) is 3. The van der Waals surface area contributed by atoms with E-state index in [1.54, 1.807) is 55.7 Å². The molecule has 0 spiro atoms. The highest BCUT2D eigenvalue weighted by Gasteiger charge is 2.17. The van der Waals surface area contributed by atoms with Crippen molar-refractivity contribution in [3.63, 3.8) is 0 Å². The molecule has 0 aliphatic heterocycles. The van der Waals surface area contributed by atoms with E-state index in [0.717, 1.165) is 13.0 Å². The molecule has 0 aliphatic carbocycles. The molecule has 0 radical (unpaired) electrons. The molecule has 0 bridgehead atoms. The lowest BCUT2D eigenvalue weighted by Crippen LogP contribution is -2.34. The summed E-state index contributed by atoms with van der Waals surface area (Å²) in [5, 5.41) is 0. The molecule has 0 unspecified atom stereocenters. The van der Waals surface area contributed by atoms with Gasteiger partial charge in [0.1, 0.15) is 5.75 Å². The van der Waals surface area contributed by atoms with Crippen LogP contribution in [0.4, 0.5) is 0 Å². The monoisotopic (exact) mass is 359 g/mol. The van der Waals surface area contributed by atoms with Gasteiger partial charge in [-0.1, -0.05) is 0 Å². The van der Waals surface area contributed by atoms with Crippen molar-refractivity contribution in [2.75, 3.05) is 26.8 Å². The highest BCUT2D eigenvalue weighted by Crippen LogP contribution is 2.14. The summed E-state index contributed by atoms with van der Waals surface area (Å²) in [5.74, 6) is 0.289. The molecule has 26 heavy (non-hydrogen) atoms. The minimum absolute atomic E-state index is 0.109. The van der Waals surface area contributed by atoms with Gasteiger partial charge in [-0.05, 0) is 37.6 Å². The molecule has 1 amide bonds. The van der Waals surface area contributed by atoms with Crippen molar-refractivity contribution < 1.29 is 19.1 Å². The second kappa shape index (κ2) is 10.2. The Hall–Kier alpha value is -2.83. The van der Waals surface area contributed by atoms with Gasteiger partial charge in [0.05, 0.1) is 26.5 Å². The van der Waals surface area contributed by atoms with E-state index in [2.05, 4.69) is 4.98 Å². The van der Waals surface area contributed by atoms with Gasteiger partial charge in [-0.25, -0.2) is 4.98 Å². The number of aryl methyl sites for hydroxylation is 1. The van der Waals surface area contributed by atoms with Crippen LogP contribution >= 0.6 is 0 Å². The fraction of sp³-hybridized carbons (Fsp3) is 0.421. The average Bonchev–Trinajstić information content (AvgIpc) is 3.17. The highest BCUT2D eigenvalue weighted by atomic mass is 16.5. The third kappa shape index (κ3) is 5.91. The third-order valence-electron chi connectivity index (χ3n) is 3.92. The van der Waals surface area contributed by atoms with Crippen LogP contribution in [-0.4, -0.2) is 53.1 Å². The van der Waals surface area contributed by atoms with Gasteiger partial charge < -0.3 is 18.9 Å². The summed E-state index contributed by atoms with van der Waals surface area (Å²) in [6.07, 6.45) is 6.30. The molecule has 0 saturated carbocycles. The SMILES string of the molecule is CCOC(=O)CCN(CCCn1ccnc1)C(=O)c1ccc(OC)cc1. The van der Waals surface area contributed by atoms with Gasteiger partial charge in [-0.15, -0.1) is 0 Å². The van der Waals surface area contributed by atoms with E-state index in [9.17, 15) is 9.59 Å². The molecular formula is C19H25N3O4. The Morgan fingerprint density at radius 2 is 1.96 bits per heavy atom. The number of amides is 1. The third-order valence-corrected chi connectivity index (χ3v) is 3.92. The average molecular weight is 359 g/mol. The fourth-order valence-corrected chi connectivity index (χ4v) is 2.55. The van der Waals surface area contributed by atoms with Crippen molar-refractivity contribution >= 4 is 11.9 Å². The molecule has 1 aromatic heterocycles. The first-order chi connectivity index (χ1) is 12.6. The maximum Gasteiger partial charge on any atom is 0.307 e. The summed E-state index contributed by atoms with van der Waals surface area (Å²) in [6, 6.07) is 6.97. The van der Waals surface area contributed by atoms with Crippen molar-refractivity contribution in [1.82, 2.24) is 14.5 Å². The van der Waals surface area contributed by atoms with Gasteiger partial charge >= 0.3 is 5.97 Å². The first kappa shape index (κ1) is 19.5. The topological polar surface area (TPSA) is 73.7 Å². The predicted molar refractivity (Wildman–Crippen MR) is 97.0 cm³/mol. The largest absolute Gasteiger partial charge is 0.497 e. The number of carbonyl (C=O) groups excluding carboxylic acids is 2.